The van der Waals surface area contributed by atoms with Crippen molar-refractivity contribution in [3.05, 3.63) is 76.8 Å². The number of nitrogens with two attached hydrogens (primary N) is 2. The lowest BCUT2D eigenvalue weighted by Gasteiger charge is -2.32. The molecule has 0 radical (unpaired) electrons. The molecule has 3 heterocycles. The number of carbonyl (C=O) groups excluding carboxylic acids is 2. The molecule has 1 aliphatic rings. The molecule has 10 nitrogen and oxygen atoms in total. The van der Waals surface area contributed by atoms with Gasteiger partial charge in [-0.15, -0.1) is 23.5 Å². The van der Waals surface area contributed by atoms with Gasteiger partial charge in [0.25, 0.3) is 0 Å². The first-order valence-corrected chi connectivity index (χ1v) is 18.9. The number of halogens is 7. The van der Waals surface area contributed by atoms with E-state index in [1.165, 1.54) is 29.1 Å². The van der Waals surface area contributed by atoms with E-state index in [2.05, 4.69) is 26.1 Å². The van der Waals surface area contributed by atoms with Crippen LogP contribution >= 0.6 is 39.5 Å². The van der Waals surface area contributed by atoms with Crippen molar-refractivity contribution in [3.8, 4) is 11.1 Å². The van der Waals surface area contributed by atoms with Crippen molar-refractivity contribution in [1.29, 1.82) is 0 Å². The minimum Gasteiger partial charge on any atom is -0.399 e. The molecule has 2 aromatic carbocycles. The van der Waals surface area contributed by atoms with Gasteiger partial charge < -0.3 is 20.8 Å². The van der Waals surface area contributed by atoms with Gasteiger partial charge in [0.1, 0.15) is 0 Å². The number of thioether (sulfide) groups is 2. The molecule has 0 bridgehead atoms. The number of benzene rings is 2. The summed E-state index contributed by atoms with van der Waals surface area (Å²) in [4.78, 5) is 21.4. The maximum Gasteiger partial charge on any atom is 0.498 e. The van der Waals surface area contributed by atoms with E-state index < -0.39 is 35.3 Å². The highest BCUT2D eigenvalue weighted by Gasteiger charge is 2.52. The van der Waals surface area contributed by atoms with E-state index in [0.717, 1.165) is 41.1 Å². The molecular formula is C34H40BBrF6N6O4S2. The van der Waals surface area contributed by atoms with Crippen LogP contribution in [0.25, 0.3) is 11.1 Å². The zero-order valence-corrected chi connectivity index (χ0v) is 33.4. The molecule has 0 aliphatic carbocycles. The minimum atomic E-state index is -4.47. The number of amides is 2. The second-order valence-electron chi connectivity index (χ2n) is 12.9. The van der Waals surface area contributed by atoms with Gasteiger partial charge in [-0.05, 0) is 63.6 Å². The Balaban J connectivity index is 0.000000222. The highest BCUT2D eigenvalue weighted by atomic mass is 79.9. The van der Waals surface area contributed by atoms with Crippen molar-refractivity contribution in [3.63, 3.8) is 0 Å². The lowest BCUT2D eigenvalue weighted by molar-refractivity contribution is -0.140. The zero-order chi connectivity index (χ0) is 40.6. The quantitative estimate of drug-likeness (QED) is 0.0968. The van der Waals surface area contributed by atoms with E-state index in [9.17, 15) is 35.9 Å². The zero-order valence-electron chi connectivity index (χ0n) is 30.2. The molecule has 4 aromatic rings. The fraction of sp³-hybridized carbons (Fsp3) is 0.412. The van der Waals surface area contributed by atoms with Crippen LogP contribution in [0.5, 0.6) is 0 Å². The van der Waals surface area contributed by atoms with Crippen LogP contribution < -0.4 is 16.9 Å². The van der Waals surface area contributed by atoms with Crippen LogP contribution in [0.4, 0.5) is 26.3 Å². The summed E-state index contributed by atoms with van der Waals surface area (Å²) < 4.78 is 93.1. The molecule has 20 heteroatoms. The van der Waals surface area contributed by atoms with Crippen molar-refractivity contribution in [1.82, 2.24) is 19.6 Å². The minimum absolute atomic E-state index is 0.0340. The van der Waals surface area contributed by atoms with E-state index in [-0.39, 0.29) is 52.5 Å². The van der Waals surface area contributed by atoms with Gasteiger partial charge in [-0.25, -0.2) is 0 Å². The summed E-state index contributed by atoms with van der Waals surface area (Å²) in [6.07, 6.45) is -1.93. The van der Waals surface area contributed by atoms with Crippen molar-refractivity contribution < 1.29 is 45.2 Å². The van der Waals surface area contributed by atoms with E-state index in [4.69, 9.17) is 20.8 Å². The fourth-order valence-corrected chi connectivity index (χ4v) is 6.94. The standard InChI is InChI=1S/C14H14F3N3OS.C10H17BN2O2.C10H9BrF3NOS/c1-20-8-10(7-19-20)9-2-3-12(22-5-4-13(18)21)11(6-9)14(15,16)17;1-9(2)10(3,4)15-11(14-9)8-6-12-13(5)7-8;11-6-1-2-8(17-4-3-9(15)16)7(5-6)10(12,13)14/h2-3,6-8H,4-5H2,1H3,(H2,18,21);6-7H,1-5H3;1-2,5H,3-4H2,(H2,15,16). The summed E-state index contributed by atoms with van der Waals surface area (Å²) >= 11 is 4.94. The summed E-state index contributed by atoms with van der Waals surface area (Å²) in [5.74, 6) is -0.610. The first-order valence-electron chi connectivity index (χ1n) is 16.1. The lowest BCUT2D eigenvalue weighted by atomic mass is 9.82. The summed E-state index contributed by atoms with van der Waals surface area (Å²) in [5.41, 5.74) is 9.95. The van der Waals surface area contributed by atoms with Crippen LogP contribution in [0.3, 0.4) is 0 Å². The Morgan fingerprint density at radius 1 is 0.759 bits per heavy atom. The molecule has 0 atom stereocenters. The molecule has 2 amide bonds. The number of nitrogens with zero attached hydrogens (tertiary/aromatic N) is 4. The lowest BCUT2D eigenvalue weighted by Crippen LogP contribution is -2.41. The largest absolute Gasteiger partial charge is 0.498 e. The predicted octanol–water partition coefficient (Wildman–Crippen LogP) is 7.23. The SMILES string of the molecule is Cn1cc(-c2ccc(SCCC(N)=O)c(C(F)(F)F)c2)cn1.Cn1cc(B2OC(C)(C)C(C)(C)O2)cn1.NC(=O)CCSc1ccc(Br)cc1C(F)(F)F. The van der Waals surface area contributed by atoms with Crippen LogP contribution in [0.15, 0.2) is 75.4 Å². The highest BCUT2D eigenvalue weighted by Crippen LogP contribution is 2.40. The summed E-state index contributed by atoms with van der Waals surface area (Å²) in [7, 11) is 3.28. The van der Waals surface area contributed by atoms with Crippen molar-refractivity contribution in [2.75, 3.05) is 11.5 Å². The Hall–Kier alpha value is -3.46. The van der Waals surface area contributed by atoms with Gasteiger partial charge >= 0.3 is 19.5 Å². The first kappa shape index (κ1) is 44.9. The Bertz CT molecular complexity index is 1890. The molecule has 294 valence electrons. The van der Waals surface area contributed by atoms with Crippen LogP contribution in [0.1, 0.15) is 51.7 Å². The van der Waals surface area contributed by atoms with Gasteiger partial charge in [0.15, 0.2) is 0 Å². The number of aryl methyl sites for hydroxylation is 2. The van der Waals surface area contributed by atoms with Gasteiger partial charge in [0.05, 0.1) is 28.5 Å². The molecule has 5 rings (SSSR count). The molecular weight excluding hydrogens is 825 g/mol. The number of primary amides is 2. The molecule has 4 N–H and O–H groups in total. The van der Waals surface area contributed by atoms with Gasteiger partial charge in [-0.3, -0.25) is 19.0 Å². The predicted molar refractivity (Wildman–Crippen MR) is 201 cm³/mol. The van der Waals surface area contributed by atoms with E-state index in [0.29, 0.717) is 15.6 Å². The molecule has 0 saturated carbocycles. The second-order valence-corrected chi connectivity index (χ2v) is 16.1. The summed E-state index contributed by atoms with van der Waals surface area (Å²) in [6, 6.07) is 8.05. The monoisotopic (exact) mass is 864 g/mol. The van der Waals surface area contributed by atoms with Crippen molar-refractivity contribution >= 4 is 63.8 Å². The van der Waals surface area contributed by atoms with Crippen LogP contribution in [-0.2, 0) is 45.3 Å². The molecule has 1 fully saturated rings. The van der Waals surface area contributed by atoms with E-state index in [1.54, 1.807) is 30.2 Å². The first-order chi connectivity index (χ1) is 24.9. The number of hydrogen-bond donors (Lipinski definition) is 2. The Morgan fingerprint density at radius 3 is 1.65 bits per heavy atom. The van der Waals surface area contributed by atoms with E-state index in [1.807, 2.05) is 40.9 Å². The Labute approximate surface area is 326 Å². The third-order valence-electron chi connectivity index (χ3n) is 8.03. The summed E-state index contributed by atoms with van der Waals surface area (Å²) in [5, 5.41) is 8.07. The van der Waals surface area contributed by atoms with Crippen LogP contribution in [-0.4, -0.2) is 61.2 Å². The average Bonchev–Trinajstić information content (AvgIpc) is 3.74. The Morgan fingerprint density at radius 2 is 1.22 bits per heavy atom. The van der Waals surface area contributed by atoms with Gasteiger partial charge in [0, 0.05) is 82.3 Å². The maximum absolute atomic E-state index is 13.2. The highest BCUT2D eigenvalue weighted by molar-refractivity contribution is 9.10. The Kier molecular flexibility index (Phi) is 15.4. The maximum atomic E-state index is 13.2. The number of hydrogen-bond acceptors (Lipinski definition) is 8. The third-order valence-corrected chi connectivity index (χ3v) is 10.7. The van der Waals surface area contributed by atoms with Gasteiger partial charge in [0.2, 0.25) is 11.8 Å². The molecule has 0 unspecified atom stereocenters. The van der Waals surface area contributed by atoms with Crippen LogP contribution in [0.2, 0.25) is 0 Å². The summed E-state index contributed by atoms with van der Waals surface area (Å²) in [6.45, 7) is 8.18. The number of alkyl halides is 6. The third kappa shape index (κ3) is 13.1. The number of aromatic nitrogens is 4. The fourth-order valence-electron chi connectivity index (χ4n) is 4.54. The topological polar surface area (TPSA) is 140 Å². The van der Waals surface area contributed by atoms with Gasteiger partial charge in [-0.1, -0.05) is 22.0 Å². The smallest absolute Gasteiger partial charge is 0.399 e. The van der Waals surface area contributed by atoms with Crippen molar-refractivity contribution in [2.45, 2.75) is 73.9 Å². The van der Waals surface area contributed by atoms with Crippen molar-refractivity contribution in [2.24, 2.45) is 25.6 Å². The number of carbonyl (C=O) groups is 2. The van der Waals surface area contributed by atoms with Crippen LogP contribution in [0, 0.1) is 0 Å². The molecule has 0 spiro atoms. The molecule has 54 heavy (non-hydrogen) atoms. The average molecular weight is 866 g/mol. The molecule has 1 aliphatic heterocycles. The molecule has 1 saturated heterocycles. The normalized spacial score (nSPS) is 14.9. The molecule has 2 aromatic heterocycles. The number of rotatable bonds is 10. The van der Waals surface area contributed by atoms with Gasteiger partial charge in [-0.2, -0.15) is 36.5 Å². The second kappa shape index (κ2) is 18.5. The van der Waals surface area contributed by atoms with E-state index >= 15 is 0 Å².